The van der Waals surface area contributed by atoms with Crippen LogP contribution in [0.5, 0.6) is 0 Å². The quantitative estimate of drug-likeness (QED) is 0.550. The van der Waals surface area contributed by atoms with Crippen LogP contribution >= 0.6 is 0 Å². The summed E-state index contributed by atoms with van der Waals surface area (Å²) in [5.74, 6) is 2.21. The molecule has 172 valence electrons. The molecule has 2 saturated carbocycles. The highest BCUT2D eigenvalue weighted by Gasteiger charge is 2.57. The Morgan fingerprint density at radius 3 is 2.69 bits per heavy atom. The van der Waals surface area contributed by atoms with E-state index < -0.39 is 0 Å². The van der Waals surface area contributed by atoms with Crippen molar-refractivity contribution in [1.82, 2.24) is 10.3 Å². The predicted octanol–water partition coefficient (Wildman–Crippen LogP) is 6.54. The number of nitrogens with zero attached hydrogens (tertiary/aromatic N) is 1. The summed E-state index contributed by atoms with van der Waals surface area (Å²) in [5, 5.41) is 2.87. The molecule has 1 heterocycles. The Morgan fingerprint density at radius 2 is 1.94 bits per heavy atom. The molecule has 6 unspecified atom stereocenters. The fourth-order valence-corrected chi connectivity index (χ4v) is 7.69. The number of rotatable bonds is 3. The van der Waals surface area contributed by atoms with Gasteiger partial charge in [0.05, 0.1) is 0 Å². The van der Waals surface area contributed by atoms with Gasteiger partial charge in [0.2, 0.25) is 0 Å². The Bertz CT molecular complexity index is 936. The molecule has 2 fully saturated rings. The van der Waals surface area contributed by atoms with Gasteiger partial charge in [0, 0.05) is 24.9 Å². The van der Waals surface area contributed by atoms with Crippen molar-refractivity contribution >= 4 is 11.7 Å². The highest BCUT2D eigenvalue weighted by molar-refractivity contribution is 5.72. The van der Waals surface area contributed by atoms with Gasteiger partial charge in [-0.1, -0.05) is 37.6 Å². The molecule has 0 spiro atoms. The van der Waals surface area contributed by atoms with Crippen molar-refractivity contribution < 1.29 is 9.53 Å². The zero-order valence-corrected chi connectivity index (χ0v) is 20.1. The molecule has 4 aliphatic carbocycles. The van der Waals surface area contributed by atoms with Gasteiger partial charge in [-0.25, -0.2) is 4.79 Å². The van der Waals surface area contributed by atoms with E-state index in [0.29, 0.717) is 0 Å². The number of fused-ring (bicyclic) bond motifs is 5. The highest BCUT2D eigenvalue weighted by atomic mass is 16.6. The van der Waals surface area contributed by atoms with Crippen LogP contribution in [0.4, 0.5) is 4.79 Å². The summed E-state index contributed by atoms with van der Waals surface area (Å²) in [4.78, 5) is 16.5. The maximum Gasteiger partial charge on any atom is 0.407 e. The number of alkyl carbamates (subject to hydrolysis) is 1. The number of hydrogen-bond acceptors (Lipinski definition) is 3. The predicted molar refractivity (Wildman–Crippen MR) is 128 cm³/mol. The number of amides is 1. The molecule has 0 radical (unpaired) electrons. The first-order valence-corrected chi connectivity index (χ1v) is 12.6. The second-order valence-electron chi connectivity index (χ2n) is 11.4. The largest absolute Gasteiger partial charge is 0.446 e. The zero-order chi connectivity index (χ0) is 22.5. The first-order valence-electron chi connectivity index (χ1n) is 12.6. The van der Waals surface area contributed by atoms with Gasteiger partial charge in [0.25, 0.3) is 0 Å². The molecule has 1 aromatic rings. The van der Waals surface area contributed by atoms with Gasteiger partial charge < -0.3 is 10.1 Å². The summed E-state index contributed by atoms with van der Waals surface area (Å²) < 4.78 is 5.78. The van der Waals surface area contributed by atoms with Crippen molar-refractivity contribution in [3.8, 4) is 0 Å². The fourth-order valence-electron chi connectivity index (χ4n) is 7.69. The van der Waals surface area contributed by atoms with Crippen LogP contribution in [0.3, 0.4) is 0 Å². The standard InChI is InChI=1S/C28H38N2O2/c1-18(2)30-26(31)32-21-11-13-27(3)20(16-21)7-8-22-24-10-9-23(19-6-5-15-29-17-19)28(24,4)14-12-25(22)27/h5-7,9,15,17-18,21-22,24-25H,8,10-14,16H2,1-4H3,(H,30,31). The molecule has 0 aliphatic heterocycles. The minimum atomic E-state index is -0.267. The fraction of sp³-hybridized carbons (Fsp3) is 0.643. The van der Waals surface area contributed by atoms with Gasteiger partial charge in [-0.15, -0.1) is 0 Å². The Labute approximate surface area is 192 Å². The topological polar surface area (TPSA) is 51.2 Å². The molecule has 1 N–H and O–H groups in total. The van der Waals surface area contributed by atoms with Crippen LogP contribution in [0.25, 0.3) is 5.57 Å². The lowest BCUT2D eigenvalue weighted by Gasteiger charge is -2.57. The van der Waals surface area contributed by atoms with Gasteiger partial charge in [0.1, 0.15) is 6.10 Å². The molecule has 6 atom stereocenters. The maximum atomic E-state index is 12.1. The van der Waals surface area contributed by atoms with Gasteiger partial charge in [0.15, 0.2) is 0 Å². The number of nitrogens with one attached hydrogen (secondary N) is 1. The number of carbonyl (C=O) groups excluding carboxylic acids is 1. The Hall–Kier alpha value is -2.10. The number of allylic oxidation sites excluding steroid dienone is 3. The summed E-state index contributed by atoms with van der Waals surface area (Å²) in [6.07, 6.45) is 16.7. The monoisotopic (exact) mass is 434 g/mol. The number of hydrogen-bond donors (Lipinski definition) is 1. The Morgan fingerprint density at radius 1 is 1.12 bits per heavy atom. The summed E-state index contributed by atoms with van der Waals surface area (Å²) in [6, 6.07) is 4.41. The lowest BCUT2D eigenvalue weighted by Crippen LogP contribution is -2.50. The molecule has 4 heteroatoms. The van der Waals surface area contributed by atoms with E-state index in [1.165, 1.54) is 36.8 Å². The normalized spacial score (nSPS) is 38.2. The van der Waals surface area contributed by atoms with E-state index in [1.54, 1.807) is 5.57 Å². The van der Waals surface area contributed by atoms with E-state index in [2.05, 4.69) is 48.4 Å². The minimum absolute atomic E-state index is 0.0174. The average molecular weight is 435 g/mol. The average Bonchev–Trinajstić information content (AvgIpc) is 3.11. The number of ether oxygens (including phenoxy) is 1. The van der Waals surface area contributed by atoms with E-state index in [1.807, 2.05) is 26.2 Å². The summed E-state index contributed by atoms with van der Waals surface area (Å²) in [6.45, 7) is 8.96. The van der Waals surface area contributed by atoms with E-state index in [-0.39, 0.29) is 29.1 Å². The van der Waals surface area contributed by atoms with Gasteiger partial charge in [-0.05, 0) is 98.2 Å². The van der Waals surface area contributed by atoms with Crippen molar-refractivity contribution in [2.45, 2.75) is 84.8 Å². The third-order valence-electron chi connectivity index (χ3n) is 9.29. The number of carbonyl (C=O) groups is 1. The van der Waals surface area contributed by atoms with Gasteiger partial charge >= 0.3 is 6.09 Å². The van der Waals surface area contributed by atoms with E-state index in [9.17, 15) is 4.79 Å². The van der Waals surface area contributed by atoms with Crippen LogP contribution in [0.15, 0.2) is 42.3 Å². The molecule has 5 rings (SSSR count). The SMILES string of the molecule is CC(C)NC(=O)OC1CCC2(C)C(=CCC3C2CCC2(C)C(c4cccnc4)=CCC32)C1. The molecule has 0 bridgehead atoms. The summed E-state index contributed by atoms with van der Waals surface area (Å²) >= 11 is 0. The molecule has 4 aliphatic rings. The Kier molecular flexibility index (Phi) is 5.46. The van der Waals surface area contributed by atoms with E-state index in [4.69, 9.17) is 4.74 Å². The molecule has 4 nitrogen and oxygen atoms in total. The van der Waals surface area contributed by atoms with Gasteiger partial charge in [-0.2, -0.15) is 0 Å². The number of aromatic nitrogens is 1. The zero-order valence-electron chi connectivity index (χ0n) is 20.1. The lowest BCUT2D eigenvalue weighted by molar-refractivity contribution is -0.0263. The van der Waals surface area contributed by atoms with Crippen LogP contribution in [0, 0.1) is 28.6 Å². The van der Waals surface area contributed by atoms with Crippen molar-refractivity contribution in [2.75, 3.05) is 0 Å². The van der Waals surface area contributed by atoms with Crippen LogP contribution < -0.4 is 5.32 Å². The molecule has 0 aromatic carbocycles. The number of pyridine rings is 1. The molecule has 0 saturated heterocycles. The Balaban J connectivity index is 1.33. The molecular weight excluding hydrogens is 396 g/mol. The van der Waals surface area contributed by atoms with Crippen LogP contribution in [0.2, 0.25) is 0 Å². The molecule has 1 amide bonds. The van der Waals surface area contributed by atoms with Crippen molar-refractivity contribution in [1.29, 1.82) is 0 Å². The molecule has 32 heavy (non-hydrogen) atoms. The van der Waals surface area contributed by atoms with Crippen LogP contribution in [-0.2, 0) is 4.74 Å². The van der Waals surface area contributed by atoms with Crippen molar-refractivity contribution in [2.24, 2.45) is 28.6 Å². The second kappa shape index (κ2) is 8.04. The lowest BCUT2D eigenvalue weighted by atomic mass is 9.47. The van der Waals surface area contributed by atoms with Crippen LogP contribution in [0.1, 0.15) is 78.2 Å². The third kappa shape index (κ3) is 3.50. The van der Waals surface area contributed by atoms with Crippen molar-refractivity contribution in [3.05, 3.63) is 47.8 Å². The van der Waals surface area contributed by atoms with E-state index >= 15 is 0 Å². The van der Waals surface area contributed by atoms with Crippen LogP contribution in [-0.4, -0.2) is 23.2 Å². The smallest absolute Gasteiger partial charge is 0.407 e. The summed E-state index contributed by atoms with van der Waals surface area (Å²) in [5.41, 5.74) is 4.92. The highest BCUT2D eigenvalue weighted by Crippen LogP contribution is 2.66. The molecule has 1 aromatic heterocycles. The van der Waals surface area contributed by atoms with Crippen molar-refractivity contribution in [3.63, 3.8) is 0 Å². The molecular formula is C28H38N2O2. The second-order valence-corrected chi connectivity index (χ2v) is 11.4. The summed E-state index contributed by atoms with van der Waals surface area (Å²) in [7, 11) is 0. The third-order valence-corrected chi connectivity index (χ3v) is 9.29. The van der Waals surface area contributed by atoms with E-state index in [0.717, 1.165) is 37.0 Å². The minimum Gasteiger partial charge on any atom is -0.446 e. The van der Waals surface area contributed by atoms with Gasteiger partial charge in [-0.3, -0.25) is 4.98 Å². The maximum absolute atomic E-state index is 12.1. The first-order chi connectivity index (χ1) is 15.3. The first kappa shape index (κ1) is 21.7.